The van der Waals surface area contributed by atoms with Gasteiger partial charge in [-0.25, -0.2) is 0 Å². The summed E-state index contributed by atoms with van der Waals surface area (Å²) in [5.74, 6) is 0. The first kappa shape index (κ1) is 12.5. The Bertz CT molecular complexity index is 184. The summed E-state index contributed by atoms with van der Waals surface area (Å²) in [6, 6.07) is 0.605. The zero-order valence-electron chi connectivity index (χ0n) is 9.72. The van der Waals surface area contributed by atoms with Crippen LogP contribution in [0.3, 0.4) is 0 Å². The van der Waals surface area contributed by atoms with Gasteiger partial charge in [-0.3, -0.25) is 0 Å². The predicted octanol–water partition coefficient (Wildman–Crippen LogP) is 2.52. The van der Waals surface area contributed by atoms with E-state index in [0.29, 0.717) is 17.6 Å². The standard InChI is InChI=1S/C11H22BrNO/c1-9-10(5-6-14-9)13(4)8-11(2,3)7-12/h9-10H,5-8H2,1-4H3. The van der Waals surface area contributed by atoms with Crippen molar-refractivity contribution in [3.05, 3.63) is 0 Å². The minimum Gasteiger partial charge on any atom is -0.377 e. The normalized spacial score (nSPS) is 28.7. The van der Waals surface area contributed by atoms with Crippen molar-refractivity contribution in [1.82, 2.24) is 4.90 Å². The summed E-state index contributed by atoms with van der Waals surface area (Å²) in [4.78, 5) is 2.44. The molecule has 2 unspecified atom stereocenters. The lowest BCUT2D eigenvalue weighted by atomic mass is 9.95. The lowest BCUT2D eigenvalue weighted by molar-refractivity contribution is 0.0726. The van der Waals surface area contributed by atoms with Crippen LogP contribution in [0.5, 0.6) is 0 Å². The topological polar surface area (TPSA) is 12.5 Å². The quantitative estimate of drug-likeness (QED) is 0.723. The van der Waals surface area contributed by atoms with E-state index < -0.39 is 0 Å². The molecule has 1 heterocycles. The molecule has 84 valence electrons. The van der Waals surface area contributed by atoms with Gasteiger partial charge in [-0.1, -0.05) is 29.8 Å². The first-order chi connectivity index (χ1) is 6.46. The van der Waals surface area contributed by atoms with E-state index in [1.807, 2.05) is 0 Å². The maximum atomic E-state index is 5.58. The molecule has 1 saturated heterocycles. The molecule has 0 saturated carbocycles. The Kier molecular flexibility index (Phi) is 4.41. The molecule has 0 bridgehead atoms. The minimum absolute atomic E-state index is 0.344. The van der Waals surface area contributed by atoms with E-state index in [9.17, 15) is 0 Å². The van der Waals surface area contributed by atoms with Crippen molar-refractivity contribution in [1.29, 1.82) is 0 Å². The number of alkyl halides is 1. The number of ether oxygens (including phenoxy) is 1. The summed E-state index contributed by atoms with van der Waals surface area (Å²) in [6.45, 7) is 8.80. The van der Waals surface area contributed by atoms with Crippen LogP contribution < -0.4 is 0 Å². The number of hydrogen-bond donors (Lipinski definition) is 0. The molecule has 0 aromatic heterocycles. The van der Waals surface area contributed by atoms with Crippen LogP contribution in [0.1, 0.15) is 27.2 Å². The van der Waals surface area contributed by atoms with Gasteiger partial charge in [0.1, 0.15) is 0 Å². The van der Waals surface area contributed by atoms with E-state index >= 15 is 0 Å². The van der Waals surface area contributed by atoms with Crippen molar-refractivity contribution in [3.8, 4) is 0 Å². The molecule has 1 fully saturated rings. The van der Waals surface area contributed by atoms with Gasteiger partial charge in [0.2, 0.25) is 0 Å². The molecule has 3 heteroatoms. The molecule has 0 aliphatic carbocycles. The molecule has 1 aliphatic heterocycles. The van der Waals surface area contributed by atoms with Crippen molar-refractivity contribution in [2.45, 2.75) is 39.3 Å². The summed E-state index contributed by atoms with van der Waals surface area (Å²) in [5.41, 5.74) is 0.344. The largest absolute Gasteiger partial charge is 0.377 e. The van der Waals surface area contributed by atoms with Gasteiger partial charge in [-0.05, 0) is 25.8 Å². The molecule has 2 nitrogen and oxygen atoms in total. The molecule has 0 aromatic carbocycles. The number of rotatable bonds is 4. The molecule has 1 aliphatic rings. The van der Waals surface area contributed by atoms with E-state index in [1.165, 1.54) is 6.42 Å². The third-order valence-electron chi connectivity index (χ3n) is 2.94. The second kappa shape index (κ2) is 4.95. The van der Waals surface area contributed by atoms with Crippen LogP contribution in [0, 0.1) is 5.41 Å². The van der Waals surface area contributed by atoms with Gasteiger partial charge < -0.3 is 9.64 Å². The average molecular weight is 264 g/mol. The molecule has 2 atom stereocenters. The first-order valence-electron chi connectivity index (χ1n) is 5.34. The minimum atomic E-state index is 0.344. The molecule has 0 N–H and O–H groups in total. The highest BCUT2D eigenvalue weighted by Crippen LogP contribution is 2.24. The van der Waals surface area contributed by atoms with Gasteiger partial charge in [-0.2, -0.15) is 0 Å². The van der Waals surface area contributed by atoms with Crippen LogP contribution in [0.4, 0.5) is 0 Å². The van der Waals surface area contributed by atoms with E-state index in [1.54, 1.807) is 0 Å². The van der Waals surface area contributed by atoms with Crippen molar-refractivity contribution in [2.75, 3.05) is 25.5 Å². The van der Waals surface area contributed by atoms with E-state index in [-0.39, 0.29) is 0 Å². The summed E-state index contributed by atoms with van der Waals surface area (Å²) in [7, 11) is 2.21. The third kappa shape index (κ3) is 3.21. The third-order valence-corrected chi connectivity index (χ3v) is 4.46. The van der Waals surface area contributed by atoms with E-state index in [2.05, 4.69) is 48.6 Å². The van der Waals surface area contributed by atoms with Crippen LogP contribution in [-0.2, 0) is 4.74 Å². The van der Waals surface area contributed by atoms with Crippen LogP contribution in [-0.4, -0.2) is 42.6 Å². The molecule has 0 amide bonds. The van der Waals surface area contributed by atoms with E-state index in [4.69, 9.17) is 4.74 Å². The summed E-state index contributed by atoms with van der Waals surface area (Å²) in [6.07, 6.45) is 1.57. The zero-order chi connectivity index (χ0) is 10.8. The van der Waals surface area contributed by atoms with E-state index in [0.717, 1.165) is 18.5 Å². The summed E-state index contributed by atoms with van der Waals surface area (Å²) in [5, 5.41) is 1.05. The highest BCUT2D eigenvalue weighted by atomic mass is 79.9. The Labute approximate surface area is 96.1 Å². The van der Waals surface area contributed by atoms with Crippen molar-refractivity contribution < 1.29 is 4.74 Å². The zero-order valence-corrected chi connectivity index (χ0v) is 11.3. The van der Waals surface area contributed by atoms with Crippen LogP contribution in [0.2, 0.25) is 0 Å². The average Bonchev–Trinajstić information content (AvgIpc) is 2.51. The van der Waals surface area contributed by atoms with Gasteiger partial charge in [0.25, 0.3) is 0 Å². The van der Waals surface area contributed by atoms with Crippen molar-refractivity contribution in [2.24, 2.45) is 5.41 Å². The highest BCUT2D eigenvalue weighted by molar-refractivity contribution is 9.09. The Morgan fingerprint density at radius 1 is 1.50 bits per heavy atom. The van der Waals surface area contributed by atoms with Gasteiger partial charge in [0, 0.05) is 24.5 Å². The van der Waals surface area contributed by atoms with Gasteiger partial charge in [0.05, 0.1) is 6.10 Å². The highest BCUT2D eigenvalue weighted by Gasteiger charge is 2.30. The number of nitrogens with zero attached hydrogens (tertiary/aromatic N) is 1. The SMILES string of the molecule is CC1OCCC1N(C)CC(C)(C)CBr. The van der Waals surface area contributed by atoms with Crippen molar-refractivity contribution >= 4 is 15.9 Å². The second-order valence-electron chi connectivity index (χ2n) is 5.14. The number of halogens is 1. The van der Waals surface area contributed by atoms with Crippen molar-refractivity contribution in [3.63, 3.8) is 0 Å². The first-order valence-corrected chi connectivity index (χ1v) is 6.46. The molecular weight excluding hydrogens is 242 g/mol. The second-order valence-corrected chi connectivity index (χ2v) is 5.71. The number of likely N-dealkylation sites (N-methyl/N-ethyl adjacent to an activating group) is 1. The van der Waals surface area contributed by atoms with Gasteiger partial charge >= 0.3 is 0 Å². The Morgan fingerprint density at radius 3 is 2.57 bits per heavy atom. The summed E-state index contributed by atoms with van der Waals surface area (Å²) >= 11 is 3.57. The maximum Gasteiger partial charge on any atom is 0.0702 e. The van der Waals surface area contributed by atoms with Crippen LogP contribution >= 0.6 is 15.9 Å². The maximum absolute atomic E-state index is 5.58. The molecule has 0 aromatic rings. The van der Waals surface area contributed by atoms with Crippen LogP contribution in [0.25, 0.3) is 0 Å². The van der Waals surface area contributed by atoms with Gasteiger partial charge in [-0.15, -0.1) is 0 Å². The lowest BCUT2D eigenvalue weighted by Crippen LogP contribution is -2.42. The molecule has 1 rings (SSSR count). The smallest absolute Gasteiger partial charge is 0.0702 e. The fourth-order valence-corrected chi connectivity index (χ4v) is 2.31. The monoisotopic (exact) mass is 263 g/mol. The lowest BCUT2D eigenvalue weighted by Gasteiger charge is -2.33. The summed E-state index contributed by atoms with van der Waals surface area (Å²) < 4.78 is 5.58. The molecule has 14 heavy (non-hydrogen) atoms. The fourth-order valence-electron chi connectivity index (χ4n) is 2.13. The predicted molar refractivity (Wildman–Crippen MR) is 64.0 cm³/mol. The fraction of sp³-hybridized carbons (Fsp3) is 1.00. The Balaban J connectivity index is 2.45. The molecule has 0 spiro atoms. The molecule has 0 radical (unpaired) electrons. The number of hydrogen-bond acceptors (Lipinski definition) is 2. The van der Waals surface area contributed by atoms with Gasteiger partial charge in [0.15, 0.2) is 0 Å². The Hall–Kier alpha value is 0.400. The molecular formula is C11H22BrNO. The Morgan fingerprint density at radius 2 is 2.14 bits per heavy atom. The van der Waals surface area contributed by atoms with Crippen LogP contribution in [0.15, 0.2) is 0 Å².